The van der Waals surface area contributed by atoms with Crippen LogP contribution < -0.4 is 10.1 Å². The molecule has 2 aromatic carbocycles. The molecule has 0 radical (unpaired) electrons. The molecule has 0 aliphatic carbocycles. The van der Waals surface area contributed by atoms with Gasteiger partial charge in [0.15, 0.2) is 0 Å². The molecule has 0 spiro atoms. The molecule has 2 nitrogen and oxygen atoms in total. The van der Waals surface area contributed by atoms with Crippen LogP contribution in [0.15, 0.2) is 42.5 Å². The second-order valence-electron chi connectivity index (χ2n) is 4.00. The van der Waals surface area contributed by atoms with E-state index in [9.17, 15) is 8.78 Å². The van der Waals surface area contributed by atoms with Gasteiger partial charge in [-0.2, -0.15) is 8.78 Å². The van der Waals surface area contributed by atoms with Crippen LogP contribution in [0.4, 0.5) is 14.5 Å². The second kappa shape index (κ2) is 6.77. The van der Waals surface area contributed by atoms with Crippen LogP contribution >= 0.6 is 23.2 Å². The van der Waals surface area contributed by atoms with E-state index in [1.54, 1.807) is 30.3 Å². The fraction of sp³-hybridized carbons (Fsp3) is 0.143. The molecule has 0 bridgehead atoms. The van der Waals surface area contributed by atoms with Crippen LogP contribution in [-0.4, -0.2) is 6.61 Å². The van der Waals surface area contributed by atoms with E-state index in [-0.39, 0.29) is 5.75 Å². The minimum Gasteiger partial charge on any atom is -0.435 e. The van der Waals surface area contributed by atoms with Gasteiger partial charge in [-0.05, 0) is 29.8 Å². The van der Waals surface area contributed by atoms with Gasteiger partial charge in [-0.15, -0.1) is 0 Å². The average molecular weight is 318 g/mol. The third-order valence-corrected chi connectivity index (χ3v) is 3.14. The molecule has 0 fully saturated rings. The number of benzene rings is 2. The number of rotatable bonds is 5. The van der Waals surface area contributed by atoms with E-state index in [1.807, 2.05) is 0 Å². The molecule has 0 saturated heterocycles. The van der Waals surface area contributed by atoms with Crippen LogP contribution in [0.1, 0.15) is 5.56 Å². The van der Waals surface area contributed by atoms with Gasteiger partial charge in [-0.25, -0.2) is 0 Å². The Morgan fingerprint density at radius 3 is 2.60 bits per heavy atom. The van der Waals surface area contributed by atoms with Gasteiger partial charge < -0.3 is 10.1 Å². The van der Waals surface area contributed by atoms with Crippen molar-refractivity contribution < 1.29 is 13.5 Å². The highest BCUT2D eigenvalue weighted by Gasteiger charge is 2.05. The summed E-state index contributed by atoms with van der Waals surface area (Å²) in [4.78, 5) is 0. The zero-order valence-electron chi connectivity index (χ0n) is 10.2. The Bertz CT molecular complexity index is 593. The van der Waals surface area contributed by atoms with E-state index < -0.39 is 6.61 Å². The molecule has 1 N–H and O–H groups in total. The summed E-state index contributed by atoms with van der Waals surface area (Å²) < 4.78 is 28.6. The predicted molar refractivity (Wildman–Crippen MR) is 76.9 cm³/mol. The highest BCUT2D eigenvalue weighted by atomic mass is 35.5. The van der Waals surface area contributed by atoms with Crippen molar-refractivity contribution in [3.63, 3.8) is 0 Å². The SMILES string of the molecule is FC(F)Oc1cccc(NCc2ccc(Cl)cc2Cl)c1. The quantitative estimate of drug-likeness (QED) is 0.817. The number of ether oxygens (including phenoxy) is 1. The number of anilines is 1. The van der Waals surface area contributed by atoms with Gasteiger partial charge in [0.05, 0.1) is 0 Å². The first kappa shape index (κ1) is 14.9. The number of nitrogens with one attached hydrogen (secondary N) is 1. The lowest BCUT2D eigenvalue weighted by Gasteiger charge is -2.10. The Balaban J connectivity index is 2.03. The van der Waals surface area contributed by atoms with Gasteiger partial charge in [0.2, 0.25) is 0 Å². The first-order chi connectivity index (χ1) is 9.54. The predicted octanol–water partition coefficient (Wildman–Crippen LogP) is 5.21. The maximum absolute atomic E-state index is 12.1. The second-order valence-corrected chi connectivity index (χ2v) is 4.84. The van der Waals surface area contributed by atoms with E-state index >= 15 is 0 Å². The van der Waals surface area contributed by atoms with E-state index in [0.717, 1.165) is 5.56 Å². The van der Waals surface area contributed by atoms with Crippen molar-refractivity contribution in [1.29, 1.82) is 0 Å². The van der Waals surface area contributed by atoms with E-state index in [2.05, 4.69) is 10.1 Å². The summed E-state index contributed by atoms with van der Waals surface area (Å²) in [6.45, 7) is -2.38. The molecule has 0 unspecified atom stereocenters. The fourth-order valence-electron chi connectivity index (χ4n) is 1.64. The van der Waals surface area contributed by atoms with Crippen LogP contribution in [0.2, 0.25) is 10.0 Å². The summed E-state index contributed by atoms with van der Waals surface area (Å²) in [5.41, 5.74) is 1.52. The number of alkyl halides is 2. The lowest BCUT2D eigenvalue weighted by molar-refractivity contribution is -0.0498. The minimum absolute atomic E-state index is 0.104. The Morgan fingerprint density at radius 1 is 1.10 bits per heavy atom. The lowest BCUT2D eigenvalue weighted by Crippen LogP contribution is -2.03. The fourth-order valence-corrected chi connectivity index (χ4v) is 2.12. The smallest absolute Gasteiger partial charge is 0.387 e. The molecule has 0 aliphatic heterocycles. The lowest BCUT2D eigenvalue weighted by atomic mass is 10.2. The summed E-state index contributed by atoms with van der Waals surface area (Å²) in [7, 11) is 0. The van der Waals surface area contributed by atoms with Crippen molar-refractivity contribution >= 4 is 28.9 Å². The van der Waals surface area contributed by atoms with Gasteiger partial charge >= 0.3 is 6.61 Å². The minimum atomic E-state index is -2.84. The van der Waals surface area contributed by atoms with Crippen LogP contribution in [0.5, 0.6) is 5.75 Å². The zero-order chi connectivity index (χ0) is 14.5. The van der Waals surface area contributed by atoms with Gasteiger partial charge in [-0.1, -0.05) is 35.3 Å². The number of halogens is 4. The summed E-state index contributed by atoms with van der Waals surface area (Å²) in [5.74, 6) is 0.104. The molecule has 2 aromatic rings. The molecule has 2 rings (SSSR count). The summed E-state index contributed by atoms with van der Waals surface area (Å²) in [5, 5.41) is 4.19. The van der Waals surface area contributed by atoms with Gasteiger partial charge in [0, 0.05) is 28.3 Å². The maximum Gasteiger partial charge on any atom is 0.387 e. The molecular formula is C14H11Cl2F2NO. The Labute approximate surface area is 125 Å². The molecular weight excluding hydrogens is 307 g/mol. The molecule has 0 aromatic heterocycles. The highest BCUT2D eigenvalue weighted by molar-refractivity contribution is 6.35. The molecule has 6 heteroatoms. The van der Waals surface area contributed by atoms with Crippen molar-refractivity contribution in [3.8, 4) is 5.75 Å². The summed E-state index contributed by atoms with van der Waals surface area (Å²) in [6, 6.07) is 11.5. The zero-order valence-corrected chi connectivity index (χ0v) is 11.8. The molecule has 106 valence electrons. The third kappa shape index (κ3) is 4.25. The summed E-state index contributed by atoms with van der Waals surface area (Å²) in [6.07, 6.45) is 0. The number of hydrogen-bond acceptors (Lipinski definition) is 2. The average Bonchev–Trinajstić information content (AvgIpc) is 2.37. The van der Waals surface area contributed by atoms with Crippen molar-refractivity contribution in [1.82, 2.24) is 0 Å². The normalized spacial score (nSPS) is 10.7. The van der Waals surface area contributed by atoms with E-state index in [0.29, 0.717) is 22.3 Å². The first-order valence-corrected chi connectivity index (χ1v) is 6.53. The molecule has 20 heavy (non-hydrogen) atoms. The Morgan fingerprint density at radius 2 is 1.90 bits per heavy atom. The van der Waals surface area contributed by atoms with Crippen LogP contribution in [0.3, 0.4) is 0 Å². The summed E-state index contributed by atoms with van der Waals surface area (Å²) >= 11 is 11.9. The Kier molecular flexibility index (Phi) is 5.04. The first-order valence-electron chi connectivity index (χ1n) is 5.77. The largest absolute Gasteiger partial charge is 0.435 e. The maximum atomic E-state index is 12.1. The van der Waals surface area contributed by atoms with Crippen LogP contribution in [-0.2, 0) is 6.54 Å². The molecule has 0 amide bonds. The molecule has 0 heterocycles. The molecule has 0 atom stereocenters. The standard InChI is InChI=1S/C14H11Cl2F2NO/c15-10-5-4-9(13(16)6-10)8-19-11-2-1-3-12(7-11)20-14(17)18/h1-7,14,19H,8H2. The third-order valence-electron chi connectivity index (χ3n) is 2.56. The van der Waals surface area contributed by atoms with Crippen LogP contribution in [0, 0.1) is 0 Å². The van der Waals surface area contributed by atoms with Crippen molar-refractivity contribution in [3.05, 3.63) is 58.1 Å². The van der Waals surface area contributed by atoms with E-state index in [4.69, 9.17) is 23.2 Å². The van der Waals surface area contributed by atoms with Crippen molar-refractivity contribution in [2.24, 2.45) is 0 Å². The van der Waals surface area contributed by atoms with Crippen LogP contribution in [0.25, 0.3) is 0 Å². The van der Waals surface area contributed by atoms with Crippen molar-refractivity contribution in [2.45, 2.75) is 13.2 Å². The van der Waals surface area contributed by atoms with E-state index in [1.165, 1.54) is 12.1 Å². The van der Waals surface area contributed by atoms with Crippen molar-refractivity contribution in [2.75, 3.05) is 5.32 Å². The number of hydrogen-bond donors (Lipinski definition) is 1. The molecule has 0 saturated carbocycles. The molecule has 0 aliphatic rings. The topological polar surface area (TPSA) is 21.3 Å². The Hall–Kier alpha value is -1.52. The van der Waals surface area contributed by atoms with Gasteiger partial charge in [0.25, 0.3) is 0 Å². The highest BCUT2D eigenvalue weighted by Crippen LogP contribution is 2.23. The monoisotopic (exact) mass is 317 g/mol. The van der Waals surface area contributed by atoms with Gasteiger partial charge in [0.1, 0.15) is 5.75 Å². The van der Waals surface area contributed by atoms with Gasteiger partial charge in [-0.3, -0.25) is 0 Å².